The molecule has 1 aromatic rings. The Morgan fingerprint density at radius 2 is 1.85 bits per heavy atom. The third-order valence-corrected chi connectivity index (χ3v) is 6.38. The summed E-state index contributed by atoms with van der Waals surface area (Å²) in [5.74, 6) is 0.963. The minimum absolute atomic E-state index is 0. The lowest BCUT2D eigenvalue weighted by molar-refractivity contribution is -0.133. The van der Waals surface area contributed by atoms with Gasteiger partial charge in [-0.05, 0) is 62.1 Å². The minimum Gasteiger partial charge on any atom is -0.378 e. The first kappa shape index (κ1) is 22.3. The number of amides is 1. The van der Waals surface area contributed by atoms with Gasteiger partial charge in [0.1, 0.15) is 0 Å². The lowest BCUT2D eigenvalue weighted by atomic mass is 9.89. The van der Waals surface area contributed by atoms with E-state index in [9.17, 15) is 4.79 Å². The molecule has 0 saturated carbocycles. The van der Waals surface area contributed by atoms with Gasteiger partial charge in [0.05, 0.1) is 6.04 Å². The molecule has 3 aliphatic rings. The van der Waals surface area contributed by atoms with Gasteiger partial charge in [0.25, 0.3) is 0 Å². The second kappa shape index (κ2) is 9.49. The molecule has 0 spiro atoms. The number of hydrogen-bond acceptors (Lipinski definition) is 3. The normalized spacial score (nSPS) is 29.0. The van der Waals surface area contributed by atoms with Crippen molar-refractivity contribution in [2.24, 2.45) is 5.92 Å². The van der Waals surface area contributed by atoms with Crippen LogP contribution in [0.1, 0.15) is 56.6 Å². The third-order valence-electron chi connectivity index (χ3n) is 6.38. The Hall–Kier alpha value is -0.970. The number of fused-ring (bicyclic) bond motifs is 2. The summed E-state index contributed by atoms with van der Waals surface area (Å²) in [4.78, 5) is 17.3. The van der Waals surface area contributed by atoms with Gasteiger partial charge in [-0.3, -0.25) is 4.79 Å². The summed E-state index contributed by atoms with van der Waals surface area (Å²) in [5, 5.41) is 3.68. The zero-order valence-electron chi connectivity index (χ0n) is 16.4. The Morgan fingerprint density at radius 3 is 2.52 bits per heavy atom. The van der Waals surface area contributed by atoms with Gasteiger partial charge in [-0.25, -0.2) is 0 Å². The molecule has 4 nitrogen and oxygen atoms in total. The first-order chi connectivity index (χ1) is 12.1. The smallest absolute Gasteiger partial charge is 0.223 e. The first-order valence-electron chi connectivity index (χ1n) is 9.93. The second-order valence-electron chi connectivity index (χ2n) is 8.41. The summed E-state index contributed by atoms with van der Waals surface area (Å²) in [6.45, 7) is 0.924. The molecule has 1 amide bonds. The number of piperidine rings is 1. The van der Waals surface area contributed by atoms with Gasteiger partial charge in [0, 0.05) is 44.8 Å². The maximum Gasteiger partial charge on any atom is 0.223 e. The van der Waals surface area contributed by atoms with Crippen molar-refractivity contribution in [3.63, 3.8) is 0 Å². The van der Waals surface area contributed by atoms with Crippen LogP contribution < -0.4 is 10.2 Å². The number of nitrogens with one attached hydrogen (secondary N) is 1. The van der Waals surface area contributed by atoms with Crippen molar-refractivity contribution in [1.82, 2.24) is 10.2 Å². The molecule has 3 atom stereocenters. The molecular weight excluding hydrogens is 381 g/mol. The monoisotopic (exact) mass is 413 g/mol. The van der Waals surface area contributed by atoms with Crippen LogP contribution in [-0.2, 0) is 4.79 Å². The Kier molecular flexibility index (Phi) is 7.84. The minimum atomic E-state index is 0. The molecule has 0 aliphatic carbocycles. The van der Waals surface area contributed by atoms with E-state index in [2.05, 4.69) is 53.5 Å². The van der Waals surface area contributed by atoms with Crippen molar-refractivity contribution < 1.29 is 4.79 Å². The lowest BCUT2D eigenvalue weighted by Crippen LogP contribution is -2.40. The Balaban J connectivity index is 0.00000131. The highest BCUT2D eigenvalue weighted by atomic mass is 35.5. The van der Waals surface area contributed by atoms with Crippen molar-refractivity contribution >= 4 is 36.4 Å². The molecule has 0 aromatic heterocycles. The molecule has 1 aromatic carbocycles. The summed E-state index contributed by atoms with van der Waals surface area (Å²) < 4.78 is 0. The third kappa shape index (κ3) is 4.90. The first-order valence-corrected chi connectivity index (χ1v) is 9.93. The number of nitrogens with zero attached hydrogens (tertiary/aromatic N) is 2. The topological polar surface area (TPSA) is 35.6 Å². The number of carbonyl (C=O) groups excluding carboxylic acids is 1. The quantitative estimate of drug-likeness (QED) is 0.803. The van der Waals surface area contributed by atoms with Crippen LogP contribution in [0.25, 0.3) is 0 Å². The van der Waals surface area contributed by atoms with E-state index in [1.165, 1.54) is 36.9 Å². The van der Waals surface area contributed by atoms with Crippen LogP contribution in [-0.4, -0.2) is 43.5 Å². The zero-order valence-corrected chi connectivity index (χ0v) is 18.0. The molecule has 3 heterocycles. The van der Waals surface area contributed by atoms with Gasteiger partial charge in [-0.15, -0.1) is 24.8 Å². The van der Waals surface area contributed by atoms with E-state index in [1.807, 2.05) is 0 Å². The van der Waals surface area contributed by atoms with Crippen LogP contribution in [0, 0.1) is 5.92 Å². The van der Waals surface area contributed by atoms with Crippen LogP contribution >= 0.6 is 24.8 Å². The molecule has 1 N–H and O–H groups in total. The summed E-state index contributed by atoms with van der Waals surface area (Å²) in [5.41, 5.74) is 2.51. The Bertz CT molecular complexity index is 628. The van der Waals surface area contributed by atoms with Gasteiger partial charge in [-0.2, -0.15) is 0 Å². The van der Waals surface area contributed by atoms with Crippen molar-refractivity contribution in [2.75, 3.05) is 25.5 Å². The molecule has 6 heteroatoms. The van der Waals surface area contributed by atoms with E-state index in [-0.39, 0.29) is 30.9 Å². The fourth-order valence-corrected chi connectivity index (χ4v) is 5.13. The number of carbonyl (C=O) groups is 1. The number of likely N-dealkylation sites (tertiary alicyclic amines) is 1. The average molecular weight is 414 g/mol. The average Bonchev–Trinajstić information content (AvgIpc) is 3.21. The number of benzene rings is 1. The second-order valence-corrected chi connectivity index (χ2v) is 8.41. The molecule has 2 bridgehead atoms. The van der Waals surface area contributed by atoms with Gasteiger partial charge in [0.15, 0.2) is 0 Å². The number of halogens is 2. The van der Waals surface area contributed by atoms with Crippen LogP contribution in [0.15, 0.2) is 24.3 Å². The molecule has 27 heavy (non-hydrogen) atoms. The molecule has 3 unspecified atom stereocenters. The molecule has 3 fully saturated rings. The van der Waals surface area contributed by atoms with Crippen LogP contribution in [0.3, 0.4) is 0 Å². The highest BCUT2D eigenvalue weighted by Gasteiger charge is 2.36. The van der Waals surface area contributed by atoms with E-state index in [0.29, 0.717) is 23.9 Å². The molecule has 152 valence electrons. The highest BCUT2D eigenvalue weighted by Crippen LogP contribution is 2.37. The van der Waals surface area contributed by atoms with Gasteiger partial charge in [-0.1, -0.05) is 12.1 Å². The Labute approximate surface area is 175 Å². The van der Waals surface area contributed by atoms with Crippen molar-refractivity contribution in [3.05, 3.63) is 29.8 Å². The molecule has 3 aliphatic heterocycles. The van der Waals surface area contributed by atoms with E-state index in [1.54, 1.807) is 0 Å². The summed E-state index contributed by atoms with van der Waals surface area (Å²) >= 11 is 0. The van der Waals surface area contributed by atoms with Crippen LogP contribution in [0.2, 0.25) is 0 Å². The Morgan fingerprint density at radius 1 is 1.15 bits per heavy atom. The SMILES string of the molecule is CN(C)c1cccc(C2CCCN2C(=O)CC2CC3CCC(C2)N3)c1.Cl.Cl. The van der Waals surface area contributed by atoms with Crippen molar-refractivity contribution in [1.29, 1.82) is 0 Å². The van der Waals surface area contributed by atoms with E-state index in [4.69, 9.17) is 0 Å². The van der Waals surface area contributed by atoms with Crippen molar-refractivity contribution in [2.45, 2.75) is 63.1 Å². The summed E-state index contributed by atoms with van der Waals surface area (Å²) in [6, 6.07) is 10.3. The van der Waals surface area contributed by atoms with Gasteiger partial charge in [0.2, 0.25) is 5.91 Å². The molecule has 4 rings (SSSR count). The summed E-state index contributed by atoms with van der Waals surface area (Å²) in [6.07, 6.45) is 7.96. The van der Waals surface area contributed by atoms with E-state index in [0.717, 1.165) is 25.8 Å². The summed E-state index contributed by atoms with van der Waals surface area (Å²) in [7, 11) is 4.14. The van der Waals surface area contributed by atoms with Gasteiger partial charge < -0.3 is 15.1 Å². The van der Waals surface area contributed by atoms with E-state index >= 15 is 0 Å². The highest BCUT2D eigenvalue weighted by molar-refractivity contribution is 5.85. The predicted molar refractivity (Wildman–Crippen MR) is 116 cm³/mol. The fraction of sp³-hybridized carbons (Fsp3) is 0.667. The molecule has 0 radical (unpaired) electrons. The zero-order chi connectivity index (χ0) is 17.4. The van der Waals surface area contributed by atoms with Crippen LogP contribution in [0.5, 0.6) is 0 Å². The molecular formula is C21H33Cl2N3O. The number of rotatable bonds is 4. The van der Waals surface area contributed by atoms with Gasteiger partial charge >= 0.3 is 0 Å². The number of hydrogen-bond donors (Lipinski definition) is 1. The van der Waals surface area contributed by atoms with E-state index < -0.39 is 0 Å². The van der Waals surface area contributed by atoms with Crippen molar-refractivity contribution in [3.8, 4) is 0 Å². The largest absolute Gasteiger partial charge is 0.378 e. The number of anilines is 1. The standard InChI is InChI=1S/C21H31N3O.2ClH/c1-23(2)19-6-3-5-16(14-19)20-7-4-10-24(20)21(25)13-15-11-17-8-9-18(12-15)22-17;;/h3,5-6,14-15,17-18,20,22H,4,7-13H2,1-2H3;2*1H. The maximum atomic E-state index is 13.0. The molecule has 3 saturated heterocycles. The predicted octanol–water partition coefficient (Wildman–Crippen LogP) is 4.18. The maximum absolute atomic E-state index is 13.0. The van der Waals surface area contributed by atoms with Crippen LogP contribution in [0.4, 0.5) is 5.69 Å². The fourth-order valence-electron chi connectivity index (χ4n) is 5.13. The lowest BCUT2D eigenvalue weighted by Gasteiger charge is -2.32.